The Bertz CT molecular complexity index is 626. The Balaban J connectivity index is 3.15. The number of rotatable bonds is 9. The van der Waals surface area contributed by atoms with E-state index in [4.69, 9.17) is 0 Å². The number of carbonyl (C=O) groups excluding carboxylic acids is 3. The second-order valence-corrected chi connectivity index (χ2v) is 13.2. The minimum Gasteiger partial charge on any atom is -0.298 e. The maximum atomic E-state index is 13.4. The monoisotopic (exact) mass is 450 g/mol. The normalized spacial score (nSPS) is 18.3. The van der Waals surface area contributed by atoms with Crippen LogP contribution in [0.1, 0.15) is 95.4 Å². The Kier molecular flexibility index (Phi) is 9.87. The van der Waals surface area contributed by atoms with E-state index in [1.807, 2.05) is 60.3 Å². The molecule has 1 saturated heterocycles. The maximum Gasteiger partial charge on any atom is 0.152 e. The molecule has 1 aliphatic heterocycles. The van der Waals surface area contributed by atoms with E-state index < -0.39 is 16.9 Å². The largest absolute Gasteiger partial charge is 0.298 e. The summed E-state index contributed by atoms with van der Waals surface area (Å²) in [5, 5.41) is 0. The summed E-state index contributed by atoms with van der Waals surface area (Å²) in [7, 11) is 0. The molecule has 1 fully saturated rings. The minimum atomic E-state index is -0.507. The molecular formula is C27H50N2O3. The molecule has 0 aliphatic carbocycles. The van der Waals surface area contributed by atoms with Crippen LogP contribution < -0.4 is 0 Å². The number of hydrogen-bond donors (Lipinski definition) is 0. The van der Waals surface area contributed by atoms with Gasteiger partial charge in [0.2, 0.25) is 0 Å². The van der Waals surface area contributed by atoms with Crippen molar-refractivity contribution in [3.05, 3.63) is 0 Å². The molecule has 0 bridgehead atoms. The molecule has 0 N–H and O–H groups in total. The Morgan fingerprint density at radius 1 is 0.812 bits per heavy atom. The van der Waals surface area contributed by atoms with Crippen LogP contribution in [-0.4, -0.2) is 64.9 Å². The van der Waals surface area contributed by atoms with Gasteiger partial charge in [-0.2, -0.15) is 0 Å². The van der Waals surface area contributed by atoms with Gasteiger partial charge in [0.05, 0.1) is 19.1 Å². The van der Waals surface area contributed by atoms with Crippen LogP contribution in [0.15, 0.2) is 0 Å². The molecule has 186 valence electrons. The fraction of sp³-hybridized carbons (Fsp3) is 0.889. The van der Waals surface area contributed by atoms with E-state index in [1.54, 1.807) is 0 Å². The molecule has 1 heterocycles. The summed E-state index contributed by atoms with van der Waals surface area (Å²) in [6.07, 6.45) is 2.82. The Labute approximate surface area is 197 Å². The molecule has 0 aromatic carbocycles. The SMILES string of the molecule is CC(C)C(=O)C(CC1CCN(C(C)(C)C)CC1)N(CC(=O)C(C)(C)C)CC(=O)C(C)(C)C. The number of Topliss-reactive ketones (excluding diaryl/α,β-unsaturated/α-hetero) is 3. The summed E-state index contributed by atoms with van der Waals surface area (Å²) in [6.45, 7) is 24.4. The summed E-state index contributed by atoms with van der Waals surface area (Å²) >= 11 is 0. The zero-order chi connectivity index (χ0) is 25.1. The number of carbonyl (C=O) groups is 3. The number of ketones is 3. The Morgan fingerprint density at radius 2 is 1.22 bits per heavy atom. The molecule has 0 amide bonds. The van der Waals surface area contributed by atoms with Crippen LogP contribution in [-0.2, 0) is 14.4 Å². The minimum absolute atomic E-state index is 0.0725. The van der Waals surface area contributed by atoms with Crippen molar-refractivity contribution in [2.45, 2.75) is 107 Å². The topological polar surface area (TPSA) is 57.7 Å². The fourth-order valence-electron chi connectivity index (χ4n) is 4.10. The quantitative estimate of drug-likeness (QED) is 0.494. The van der Waals surface area contributed by atoms with Gasteiger partial charge in [0, 0.05) is 22.3 Å². The van der Waals surface area contributed by atoms with Crippen molar-refractivity contribution in [3.63, 3.8) is 0 Å². The van der Waals surface area contributed by atoms with E-state index in [0.29, 0.717) is 5.92 Å². The molecule has 0 saturated carbocycles. The first-order chi connectivity index (χ1) is 14.3. The second-order valence-electron chi connectivity index (χ2n) is 13.2. The lowest BCUT2D eigenvalue weighted by molar-refractivity contribution is -0.136. The van der Waals surface area contributed by atoms with Gasteiger partial charge < -0.3 is 0 Å². The molecule has 5 heteroatoms. The van der Waals surface area contributed by atoms with Crippen molar-refractivity contribution in [3.8, 4) is 0 Å². The zero-order valence-corrected chi connectivity index (χ0v) is 22.8. The van der Waals surface area contributed by atoms with E-state index in [0.717, 1.165) is 32.4 Å². The summed E-state index contributed by atoms with van der Waals surface area (Å²) in [6, 6.07) is -0.390. The third-order valence-corrected chi connectivity index (χ3v) is 6.82. The summed E-state index contributed by atoms with van der Waals surface area (Å²) < 4.78 is 0. The van der Waals surface area contributed by atoms with Crippen LogP contribution in [0.4, 0.5) is 0 Å². The molecule has 0 spiro atoms. The lowest BCUT2D eigenvalue weighted by atomic mass is 9.83. The van der Waals surface area contributed by atoms with Gasteiger partial charge in [-0.15, -0.1) is 0 Å². The molecule has 1 aliphatic rings. The molecule has 0 aromatic rings. The zero-order valence-electron chi connectivity index (χ0n) is 22.8. The highest BCUT2D eigenvalue weighted by molar-refractivity contribution is 5.91. The average molecular weight is 451 g/mol. The highest BCUT2D eigenvalue weighted by Gasteiger charge is 2.37. The molecule has 32 heavy (non-hydrogen) atoms. The van der Waals surface area contributed by atoms with Crippen molar-refractivity contribution in [2.24, 2.45) is 22.7 Å². The van der Waals surface area contributed by atoms with Gasteiger partial charge in [0.25, 0.3) is 0 Å². The second kappa shape index (κ2) is 10.9. The van der Waals surface area contributed by atoms with Crippen molar-refractivity contribution >= 4 is 17.3 Å². The van der Waals surface area contributed by atoms with Crippen LogP contribution in [0.5, 0.6) is 0 Å². The summed E-state index contributed by atoms with van der Waals surface area (Å²) in [4.78, 5) is 43.7. The van der Waals surface area contributed by atoms with Gasteiger partial charge in [-0.05, 0) is 59.0 Å². The number of piperidine rings is 1. The molecule has 0 aromatic heterocycles. The average Bonchev–Trinajstić information content (AvgIpc) is 2.62. The molecule has 1 atom stereocenters. The smallest absolute Gasteiger partial charge is 0.152 e. The van der Waals surface area contributed by atoms with E-state index in [2.05, 4.69) is 25.7 Å². The highest BCUT2D eigenvalue weighted by Crippen LogP contribution is 2.30. The Hall–Kier alpha value is -1.07. The third-order valence-electron chi connectivity index (χ3n) is 6.82. The molecule has 0 radical (unpaired) electrons. The van der Waals surface area contributed by atoms with Gasteiger partial charge in [0.1, 0.15) is 0 Å². The van der Waals surface area contributed by atoms with Gasteiger partial charge in [0.15, 0.2) is 17.3 Å². The van der Waals surface area contributed by atoms with Crippen molar-refractivity contribution < 1.29 is 14.4 Å². The van der Waals surface area contributed by atoms with E-state index in [-0.39, 0.29) is 41.9 Å². The van der Waals surface area contributed by atoms with Crippen LogP contribution in [0.25, 0.3) is 0 Å². The van der Waals surface area contributed by atoms with Crippen molar-refractivity contribution in [2.75, 3.05) is 26.2 Å². The fourth-order valence-corrected chi connectivity index (χ4v) is 4.10. The predicted octanol–water partition coefficient (Wildman–Crippen LogP) is 5.01. The van der Waals surface area contributed by atoms with Crippen LogP contribution in [0, 0.1) is 22.7 Å². The maximum absolute atomic E-state index is 13.4. The predicted molar refractivity (Wildman–Crippen MR) is 133 cm³/mol. The first kappa shape index (κ1) is 29.0. The Morgan fingerprint density at radius 3 is 1.53 bits per heavy atom. The third kappa shape index (κ3) is 8.70. The standard InChI is InChI=1S/C27H50N2O3/c1-19(2)24(32)21(16-20-12-14-29(15-13-20)27(9,10)11)28(17-22(30)25(3,4)5)18-23(31)26(6,7)8/h19-21H,12-18H2,1-11H3. The van der Waals surface area contributed by atoms with Gasteiger partial charge in [-0.3, -0.25) is 24.2 Å². The van der Waals surface area contributed by atoms with E-state index in [9.17, 15) is 14.4 Å². The lowest BCUT2D eigenvalue weighted by Crippen LogP contribution is -2.52. The van der Waals surface area contributed by atoms with E-state index >= 15 is 0 Å². The molecule has 1 unspecified atom stereocenters. The van der Waals surface area contributed by atoms with E-state index in [1.165, 1.54) is 0 Å². The highest BCUT2D eigenvalue weighted by atomic mass is 16.1. The first-order valence-electron chi connectivity index (χ1n) is 12.4. The molecular weight excluding hydrogens is 400 g/mol. The van der Waals surface area contributed by atoms with Gasteiger partial charge >= 0.3 is 0 Å². The molecule has 5 nitrogen and oxygen atoms in total. The van der Waals surface area contributed by atoms with Crippen molar-refractivity contribution in [1.29, 1.82) is 0 Å². The summed E-state index contributed by atoms with van der Waals surface area (Å²) in [5.41, 5.74) is -0.860. The van der Waals surface area contributed by atoms with Crippen LogP contribution in [0.3, 0.4) is 0 Å². The summed E-state index contributed by atoms with van der Waals surface area (Å²) in [5.74, 6) is 0.586. The van der Waals surface area contributed by atoms with Crippen LogP contribution >= 0.6 is 0 Å². The molecule has 1 rings (SSSR count). The van der Waals surface area contributed by atoms with Gasteiger partial charge in [-0.1, -0.05) is 55.4 Å². The van der Waals surface area contributed by atoms with Crippen LogP contribution in [0.2, 0.25) is 0 Å². The van der Waals surface area contributed by atoms with Crippen molar-refractivity contribution in [1.82, 2.24) is 9.80 Å². The lowest BCUT2D eigenvalue weighted by Gasteiger charge is -2.42. The number of nitrogens with zero attached hydrogens (tertiary/aromatic N) is 2. The number of hydrogen-bond acceptors (Lipinski definition) is 5. The first-order valence-corrected chi connectivity index (χ1v) is 12.4. The van der Waals surface area contributed by atoms with Gasteiger partial charge in [-0.25, -0.2) is 0 Å². The number of likely N-dealkylation sites (tertiary alicyclic amines) is 1.